The zero-order valence-corrected chi connectivity index (χ0v) is 11.0. The normalized spacial score (nSPS) is 12.5. The Bertz CT molecular complexity index is 508. The first-order valence-corrected chi connectivity index (χ1v) is 6.30. The lowest BCUT2D eigenvalue weighted by Crippen LogP contribution is -2.12. The molecule has 4 heteroatoms. The van der Waals surface area contributed by atoms with Gasteiger partial charge in [0.2, 0.25) is 0 Å². The van der Waals surface area contributed by atoms with Crippen LogP contribution in [-0.2, 0) is 0 Å². The minimum atomic E-state index is -0.105. The molecule has 90 valence electrons. The molecule has 3 nitrogen and oxygen atoms in total. The van der Waals surface area contributed by atoms with Gasteiger partial charge in [0.15, 0.2) is 0 Å². The van der Waals surface area contributed by atoms with Crippen LogP contribution in [0.3, 0.4) is 0 Å². The third-order valence-corrected chi connectivity index (χ3v) is 3.74. The van der Waals surface area contributed by atoms with Crippen LogP contribution in [0.1, 0.15) is 27.6 Å². The maximum absolute atomic E-state index is 6.25. The third-order valence-electron chi connectivity index (χ3n) is 2.88. The summed E-state index contributed by atoms with van der Waals surface area (Å²) in [7, 11) is 1.69. The monoisotopic (exact) mass is 248 g/mol. The first kappa shape index (κ1) is 12.1. The fraction of sp³-hybridized carbons (Fsp3) is 0.308. The van der Waals surface area contributed by atoms with Crippen LogP contribution in [0.15, 0.2) is 23.8 Å². The summed E-state index contributed by atoms with van der Waals surface area (Å²) in [5.41, 5.74) is 11.4. The predicted octanol–water partition coefficient (Wildman–Crippen LogP) is 2.82. The van der Waals surface area contributed by atoms with Gasteiger partial charge < -0.3 is 10.5 Å². The molecule has 0 aliphatic heterocycles. The van der Waals surface area contributed by atoms with Crippen molar-refractivity contribution in [1.29, 1.82) is 0 Å². The van der Waals surface area contributed by atoms with E-state index >= 15 is 0 Å². The molecule has 0 bridgehead atoms. The van der Waals surface area contributed by atoms with E-state index < -0.39 is 0 Å². The maximum Gasteiger partial charge on any atom is 0.122 e. The van der Waals surface area contributed by atoms with Crippen LogP contribution in [0.5, 0.6) is 5.75 Å². The van der Waals surface area contributed by atoms with Crippen LogP contribution >= 0.6 is 11.3 Å². The van der Waals surface area contributed by atoms with E-state index in [1.807, 2.05) is 19.2 Å². The Labute approximate surface area is 105 Å². The molecule has 0 fully saturated rings. The molecule has 0 amide bonds. The van der Waals surface area contributed by atoms with Gasteiger partial charge in [0.25, 0.3) is 0 Å². The van der Waals surface area contributed by atoms with E-state index in [1.165, 1.54) is 0 Å². The van der Waals surface area contributed by atoms with Crippen LogP contribution in [0.4, 0.5) is 0 Å². The Morgan fingerprint density at radius 2 is 2.06 bits per heavy atom. The predicted molar refractivity (Wildman–Crippen MR) is 70.6 cm³/mol. The van der Waals surface area contributed by atoms with Crippen molar-refractivity contribution in [3.63, 3.8) is 0 Å². The lowest BCUT2D eigenvalue weighted by atomic mass is 9.98. The molecule has 2 rings (SSSR count). The van der Waals surface area contributed by atoms with Crippen molar-refractivity contribution in [1.82, 2.24) is 4.98 Å². The second kappa shape index (κ2) is 4.85. The Kier molecular flexibility index (Phi) is 3.45. The molecule has 1 unspecified atom stereocenters. The number of rotatable bonds is 3. The van der Waals surface area contributed by atoms with Crippen LogP contribution in [0, 0.1) is 13.8 Å². The minimum absolute atomic E-state index is 0.105. The SMILES string of the molecule is COc1cc(C)c(C(N)c2cncs2)cc1C. The molecule has 1 heterocycles. The fourth-order valence-corrected chi connectivity index (χ4v) is 2.54. The smallest absolute Gasteiger partial charge is 0.122 e. The Balaban J connectivity index is 2.42. The molecule has 0 saturated carbocycles. The van der Waals surface area contributed by atoms with Crippen molar-refractivity contribution < 1.29 is 4.74 Å². The average Bonchev–Trinajstić information content (AvgIpc) is 2.84. The van der Waals surface area contributed by atoms with Crippen LogP contribution in [0.2, 0.25) is 0 Å². The summed E-state index contributed by atoms with van der Waals surface area (Å²) in [6.45, 7) is 4.08. The quantitative estimate of drug-likeness (QED) is 0.908. The summed E-state index contributed by atoms with van der Waals surface area (Å²) in [4.78, 5) is 5.15. The molecule has 0 spiro atoms. The Morgan fingerprint density at radius 3 is 2.65 bits per heavy atom. The summed E-state index contributed by atoms with van der Waals surface area (Å²) in [6.07, 6.45) is 1.83. The molecule has 1 aromatic carbocycles. The highest BCUT2D eigenvalue weighted by atomic mass is 32.1. The number of hydrogen-bond acceptors (Lipinski definition) is 4. The van der Waals surface area contributed by atoms with Gasteiger partial charge in [-0.25, -0.2) is 0 Å². The fourth-order valence-electron chi connectivity index (χ4n) is 1.90. The van der Waals surface area contributed by atoms with Crippen LogP contribution in [0.25, 0.3) is 0 Å². The van der Waals surface area contributed by atoms with Gasteiger partial charge >= 0.3 is 0 Å². The van der Waals surface area contributed by atoms with E-state index in [4.69, 9.17) is 10.5 Å². The Hall–Kier alpha value is -1.39. The lowest BCUT2D eigenvalue weighted by Gasteiger charge is -2.16. The summed E-state index contributed by atoms with van der Waals surface area (Å²) < 4.78 is 5.30. The van der Waals surface area contributed by atoms with Gasteiger partial charge in [-0.2, -0.15) is 0 Å². The first-order valence-electron chi connectivity index (χ1n) is 5.42. The van der Waals surface area contributed by atoms with Crippen molar-refractivity contribution in [2.45, 2.75) is 19.9 Å². The summed E-state index contributed by atoms with van der Waals surface area (Å²) in [5, 5.41) is 0. The van der Waals surface area contributed by atoms with E-state index in [-0.39, 0.29) is 6.04 Å². The molecule has 0 radical (unpaired) electrons. The molecule has 2 aromatic rings. The van der Waals surface area contributed by atoms with Gasteiger partial charge in [-0.15, -0.1) is 11.3 Å². The first-order chi connectivity index (χ1) is 8.13. The Morgan fingerprint density at radius 1 is 1.29 bits per heavy atom. The highest BCUT2D eigenvalue weighted by Gasteiger charge is 2.14. The van der Waals surface area contributed by atoms with Crippen molar-refractivity contribution in [2.75, 3.05) is 7.11 Å². The maximum atomic E-state index is 6.25. The summed E-state index contributed by atoms with van der Waals surface area (Å²) >= 11 is 1.58. The van der Waals surface area contributed by atoms with Gasteiger partial charge in [-0.1, -0.05) is 6.07 Å². The van der Waals surface area contributed by atoms with Crippen LogP contribution < -0.4 is 10.5 Å². The van der Waals surface area contributed by atoms with Gasteiger partial charge in [-0.3, -0.25) is 4.98 Å². The van der Waals surface area contributed by atoms with E-state index in [2.05, 4.69) is 18.0 Å². The highest BCUT2D eigenvalue weighted by Crippen LogP contribution is 2.29. The number of aryl methyl sites for hydroxylation is 2. The van der Waals surface area contributed by atoms with Gasteiger partial charge in [0.05, 0.1) is 18.7 Å². The van der Waals surface area contributed by atoms with Gasteiger partial charge in [-0.05, 0) is 36.6 Å². The molecule has 0 aliphatic rings. The zero-order chi connectivity index (χ0) is 12.4. The number of methoxy groups -OCH3 is 1. The molecule has 1 atom stereocenters. The number of nitrogens with two attached hydrogens (primary N) is 1. The van der Waals surface area contributed by atoms with E-state index in [9.17, 15) is 0 Å². The molecular formula is C13H16N2OS. The number of thiazole rings is 1. The number of hydrogen-bond donors (Lipinski definition) is 1. The standard InChI is InChI=1S/C13H16N2OS/c1-8-5-11(16-3)9(2)4-10(8)13(14)12-6-15-7-17-12/h4-7,13H,14H2,1-3H3. The molecule has 0 aliphatic carbocycles. The average molecular weight is 248 g/mol. The number of aromatic nitrogens is 1. The van der Waals surface area contributed by atoms with Gasteiger partial charge in [0, 0.05) is 11.1 Å². The topological polar surface area (TPSA) is 48.1 Å². The number of nitrogens with zero attached hydrogens (tertiary/aromatic N) is 1. The number of benzene rings is 1. The van der Waals surface area contributed by atoms with E-state index in [1.54, 1.807) is 24.0 Å². The zero-order valence-electron chi connectivity index (χ0n) is 10.2. The molecule has 17 heavy (non-hydrogen) atoms. The van der Waals surface area contributed by atoms with E-state index in [0.29, 0.717) is 0 Å². The second-order valence-corrected chi connectivity index (χ2v) is 4.98. The van der Waals surface area contributed by atoms with Gasteiger partial charge in [0.1, 0.15) is 5.75 Å². The minimum Gasteiger partial charge on any atom is -0.496 e. The molecule has 1 aromatic heterocycles. The van der Waals surface area contributed by atoms with Crippen molar-refractivity contribution in [3.05, 3.63) is 45.4 Å². The van der Waals surface area contributed by atoms with Crippen molar-refractivity contribution in [2.24, 2.45) is 5.73 Å². The largest absolute Gasteiger partial charge is 0.496 e. The molecule has 2 N–H and O–H groups in total. The van der Waals surface area contributed by atoms with Crippen molar-refractivity contribution in [3.8, 4) is 5.75 Å². The summed E-state index contributed by atoms with van der Waals surface area (Å²) in [5.74, 6) is 0.905. The van der Waals surface area contributed by atoms with E-state index in [0.717, 1.165) is 27.3 Å². The highest BCUT2D eigenvalue weighted by molar-refractivity contribution is 7.09. The molecular weight excluding hydrogens is 232 g/mol. The second-order valence-electron chi connectivity index (χ2n) is 4.06. The number of ether oxygens (including phenoxy) is 1. The molecule has 0 saturated heterocycles. The summed E-state index contributed by atoms with van der Waals surface area (Å²) in [6, 6.07) is 4.02. The third kappa shape index (κ3) is 2.33. The lowest BCUT2D eigenvalue weighted by molar-refractivity contribution is 0.411. The van der Waals surface area contributed by atoms with Crippen molar-refractivity contribution >= 4 is 11.3 Å². The van der Waals surface area contributed by atoms with Crippen LogP contribution in [-0.4, -0.2) is 12.1 Å².